The van der Waals surface area contributed by atoms with Crippen molar-refractivity contribution in [2.75, 3.05) is 11.9 Å². The van der Waals surface area contributed by atoms with E-state index in [-0.39, 0.29) is 5.60 Å². The summed E-state index contributed by atoms with van der Waals surface area (Å²) in [5.41, 5.74) is -0.0449. The zero-order valence-electron chi connectivity index (χ0n) is 10.6. The first-order valence-corrected chi connectivity index (χ1v) is 7.11. The van der Waals surface area contributed by atoms with E-state index in [9.17, 15) is 0 Å². The van der Waals surface area contributed by atoms with Crippen molar-refractivity contribution in [2.24, 2.45) is 0 Å². The van der Waals surface area contributed by atoms with Crippen molar-refractivity contribution < 1.29 is 4.74 Å². The lowest BCUT2D eigenvalue weighted by Gasteiger charge is -2.36. The zero-order valence-corrected chi connectivity index (χ0v) is 11.5. The molecule has 1 unspecified atom stereocenters. The normalized spacial score (nSPS) is 23.1. The maximum Gasteiger partial charge on any atom is 0.138 e. The predicted octanol–water partition coefficient (Wildman–Crippen LogP) is 3.06. The summed E-state index contributed by atoms with van der Waals surface area (Å²) in [6.07, 6.45) is 3.66. The molecule has 0 amide bonds. The van der Waals surface area contributed by atoms with Crippen LogP contribution in [-0.2, 0) is 4.74 Å². The SMILES string of the molecule is CC1(C)CC(Nc2ncnc3sccc23)CCO1. The Labute approximate surface area is 110 Å². The van der Waals surface area contributed by atoms with Crippen LogP contribution in [-0.4, -0.2) is 28.2 Å². The summed E-state index contributed by atoms with van der Waals surface area (Å²) in [5.74, 6) is 0.948. The second kappa shape index (κ2) is 4.48. The van der Waals surface area contributed by atoms with Gasteiger partial charge in [0.1, 0.15) is 17.0 Å². The molecule has 4 nitrogen and oxygen atoms in total. The van der Waals surface area contributed by atoms with Crippen molar-refractivity contribution in [1.82, 2.24) is 9.97 Å². The molecule has 0 saturated carbocycles. The van der Waals surface area contributed by atoms with E-state index in [0.29, 0.717) is 6.04 Å². The molecule has 0 bridgehead atoms. The fourth-order valence-corrected chi connectivity index (χ4v) is 3.19. The lowest BCUT2D eigenvalue weighted by molar-refractivity contribution is -0.0553. The standard InChI is InChI=1S/C13H17N3OS/c1-13(2)7-9(3-5-17-13)16-11-10-4-6-18-12(10)15-8-14-11/h4,6,8-9H,3,5,7H2,1-2H3,(H,14,15,16). The molecule has 0 aromatic carbocycles. The number of anilines is 1. The third-order valence-corrected chi connectivity index (χ3v) is 4.12. The van der Waals surface area contributed by atoms with Gasteiger partial charge in [0.2, 0.25) is 0 Å². The van der Waals surface area contributed by atoms with Crippen LogP contribution in [0.15, 0.2) is 17.8 Å². The predicted molar refractivity (Wildman–Crippen MR) is 74.1 cm³/mol. The summed E-state index contributed by atoms with van der Waals surface area (Å²) in [6.45, 7) is 5.09. The second-order valence-corrected chi connectivity index (χ2v) is 6.20. The summed E-state index contributed by atoms with van der Waals surface area (Å²) in [5, 5.41) is 6.71. The Kier molecular flexibility index (Phi) is 2.95. The molecule has 3 heterocycles. The Morgan fingerprint density at radius 1 is 1.44 bits per heavy atom. The number of hydrogen-bond acceptors (Lipinski definition) is 5. The fraction of sp³-hybridized carbons (Fsp3) is 0.538. The summed E-state index contributed by atoms with van der Waals surface area (Å²) >= 11 is 1.65. The van der Waals surface area contributed by atoms with E-state index >= 15 is 0 Å². The number of hydrogen-bond donors (Lipinski definition) is 1. The van der Waals surface area contributed by atoms with Gasteiger partial charge >= 0.3 is 0 Å². The van der Waals surface area contributed by atoms with Gasteiger partial charge in [0.25, 0.3) is 0 Å². The van der Waals surface area contributed by atoms with E-state index in [1.807, 2.05) is 0 Å². The van der Waals surface area contributed by atoms with Crippen LogP contribution in [0.1, 0.15) is 26.7 Å². The van der Waals surface area contributed by atoms with E-state index in [1.165, 1.54) is 0 Å². The minimum atomic E-state index is -0.0449. The highest BCUT2D eigenvalue weighted by Gasteiger charge is 2.29. The monoisotopic (exact) mass is 263 g/mol. The average molecular weight is 263 g/mol. The topological polar surface area (TPSA) is 47.0 Å². The molecule has 18 heavy (non-hydrogen) atoms. The van der Waals surface area contributed by atoms with Crippen LogP contribution in [0.25, 0.3) is 10.2 Å². The van der Waals surface area contributed by atoms with Crippen LogP contribution < -0.4 is 5.32 Å². The maximum atomic E-state index is 5.74. The smallest absolute Gasteiger partial charge is 0.138 e. The molecule has 2 aromatic heterocycles. The van der Waals surface area contributed by atoms with Gasteiger partial charge in [-0.1, -0.05) is 0 Å². The quantitative estimate of drug-likeness (QED) is 0.904. The number of thiophene rings is 1. The number of nitrogens with one attached hydrogen (secondary N) is 1. The Bertz CT molecular complexity index is 552. The van der Waals surface area contributed by atoms with E-state index < -0.39 is 0 Å². The molecule has 1 aliphatic rings. The first-order valence-electron chi connectivity index (χ1n) is 6.23. The summed E-state index contributed by atoms with van der Waals surface area (Å²) in [6, 6.07) is 2.50. The Morgan fingerprint density at radius 2 is 2.33 bits per heavy atom. The molecule has 1 atom stereocenters. The van der Waals surface area contributed by atoms with Gasteiger partial charge < -0.3 is 10.1 Å². The zero-order chi connectivity index (χ0) is 12.6. The molecule has 1 N–H and O–H groups in total. The minimum Gasteiger partial charge on any atom is -0.375 e. The van der Waals surface area contributed by atoms with Gasteiger partial charge in [-0.3, -0.25) is 0 Å². The fourth-order valence-electron chi connectivity index (χ4n) is 2.45. The molecule has 5 heteroatoms. The first kappa shape index (κ1) is 11.9. The molecule has 2 aromatic rings. The van der Waals surface area contributed by atoms with Gasteiger partial charge in [-0.05, 0) is 38.1 Å². The number of fused-ring (bicyclic) bond motifs is 1. The highest BCUT2D eigenvalue weighted by Crippen LogP contribution is 2.29. The van der Waals surface area contributed by atoms with Crippen molar-refractivity contribution >= 4 is 27.4 Å². The van der Waals surface area contributed by atoms with E-state index in [4.69, 9.17) is 4.74 Å². The molecule has 96 valence electrons. The van der Waals surface area contributed by atoms with Crippen LogP contribution >= 0.6 is 11.3 Å². The lowest BCUT2D eigenvalue weighted by Crippen LogP contribution is -2.40. The van der Waals surface area contributed by atoms with Crippen LogP contribution in [0.3, 0.4) is 0 Å². The third kappa shape index (κ3) is 2.33. The molecule has 0 aliphatic carbocycles. The van der Waals surface area contributed by atoms with Crippen LogP contribution in [0, 0.1) is 0 Å². The van der Waals surface area contributed by atoms with Gasteiger partial charge in [-0.2, -0.15) is 0 Å². The lowest BCUT2D eigenvalue weighted by atomic mass is 9.94. The molecule has 0 radical (unpaired) electrons. The molecule has 3 rings (SSSR count). The second-order valence-electron chi connectivity index (χ2n) is 5.30. The number of nitrogens with zero attached hydrogens (tertiary/aromatic N) is 2. The number of ether oxygens (including phenoxy) is 1. The Morgan fingerprint density at radius 3 is 3.17 bits per heavy atom. The highest BCUT2D eigenvalue weighted by molar-refractivity contribution is 7.16. The maximum absolute atomic E-state index is 5.74. The van der Waals surface area contributed by atoms with E-state index in [0.717, 1.165) is 35.5 Å². The number of aromatic nitrogens is 2. The van der Waals surface area contributed by atoms with Crippen molar-refractivity contribution in [3.8, 4) is 0 Å². The average Bonchev–Trinajstić information content (AvgIpc) is 2.77. The third-order valence-electron chi connectivity index (χ3n) is 3.30. The minimum absolute atomic E-state index is 0.0449. The van der Waals surface area contributed by atoms with E-state index in [1.54, 1.807) is 17.7 Å². The van der Waals surface area contributed by atoms with Gasteiger partial charge in [-0.25, -0.2) is 9.97 Å². The molecular formula is C13H17N3OS. The van der Waals surface area contributed by atoms with Crippen molar-refractivity contribution in [3.63, 3.8) is 0 Å². The molecule has 1 saturated heterocycles. The molecular weight excluding hydrogens is 246 g/mol. The van der Waals surface area contributed by atoms with Gasteiger partial charge in [-0.15, -0.1) is 11.3 Å². The number of rotatable bonds is 2. The van der Waals surface area contributed by atoms with Gasteiger partial charge in [0.15, 0.2) is 0 Å². The van der Waals surface area contributed by atoms with Crippen LogP contribution in [0.2, 0.25) is 0 Å². The summed E-state index contributed by atoms with van der Waals surface area (Å²) < 4.78 is 5.74. The van der Waals surface area contributed by atoms with Crippen molar-refractivity contribution in [3.05, 3.63) is 17.8 Å². The van der Waals surface area contributed by atoms with Gasteiger partial charge in [0, 0.05) is 12.6 Å². The van der Waals surface area contributed by atoms with Crippen LogP contribution in [0.4, 0.5) is 5.82 Å². The molecule has 1 aliphatic heterocycles. The largest absolute Gasteiger partial charge is 0.375 e. The van der Waals surface area contributed by atoms with Gasteiger partial charge in [0.05, 0.1) is 11.0 Å². The first-order chi connectivity index (χ1) is 8.64. The van der Waals surface area contributed by atoms with Crippen LogP contribution in [0.5, 0.6) is 0 Å². The summed E-state index contributed by atoms with van der Waals surface area (Å²) in [7, 11) is 0. The Balaban J connectivity index is 1.82. The Hall–Kier alpha value is -1.20. The van der Waals surface area contributed by atoms with Crippen molar-refractivity contribution in [1.29, 1.82) is 0 Å². The molecule has 1 fully saturated rings. The van der Waals surface area contributed by atoms with Crippen molar-refractivity contribution in [2.45, 2.75) is 38.3 Å². The highest BCUT2D eigenvalue weighted by atomic mass is 32.1. The van der Waals surface area contributed by atoms with E-state index in [2.05, 4.69) is 40.6 Å². The summed E-state index contributed by atoms with van der Waals surface area (Å²) in [4.78, 5) is 9.67. The molecule has 0 spiro atoms.